The third kappa shape index (κ3) is 27.4. The van der Waals surface area contributed by atoms with Gasteiger partial charge in [0.2, 0.25) is 0 Å². The summed E-state index contributed by atoms with van der Waals surface area (Å²) in [5, 5.41) is 11.3. The second kappa shape index (κ2) is 46.1. The molecule has 0 atom stereocenters. The van der Waals surface area contributed by atoms with Crippen LogP contribution in [0.3, 0.4) is 0 Å². The van der Waals surface area contributed by atoms with Crippen LogP contribution in [0.25, 0.3) is 0 Å². The van der Waals surface area contributed by atoms with Crippen LogP contribution in [0.5, 0.6) is 0 Å². The standard InChI is InChI=1S/C108H128O12P4Si5/c1-125(2,101-61-53-89(54-62-101)85-117-105(109)69-73-121(113,93-37-17-9-18-38-93)94-39-19-10-20-40-94)77-33-81-129(82-34-78-126(3,4)102-63-55-90(56-64-102)86-118-106(110)70-74-122(114,95-41-21-11-22-42-95)96-43-23-12-24-44-96,83-35-79-127(5,6)103-65-57-91(58-66-103)87-119-107(111)71-75-123(115,97-45-25-13-26-46-97)98-47-27-14-28-48-98)84-36-80-128(7,8)104-67-59-92(60-68-104)88-120-108(112)72-76-124(116,99-49-29-15-30-50-99)100-51-31-16-32-52-100/h9-32,37-68H,33-36,69-88H2,1-8H3. The molecule has 0 aromatic heterocycles. The van der Waals surface area contributed by atoms with Crippen molar-refractivity contribution >= 4 is 156 Å². The number of benzene rings is 12. The fraction of sp³-hybridized carbons (Fsp3) is 0.296. The van der Waals surface area contributed by atoms with Gasteiger partial charge in [-0.05, 0) is 22.3 Å². The van der Waals surface area contributed by atoms with E-state index in [2.05, 4.69) is 149 Å². The highest BCUT2D eigenvalue weighted by Gasteiger charge is 2.39. The molecule has 0 saturated carbocycles. The molecule has 0 bridgehead atoms. The average Bonchev–Trinajstić information content (AvgIpc) is 0.805. The molecule has 0 aliphatic carbocycles. The first kappa shape index (κ1) is 98.6. The average molecular weight is 1880 g/mol. The minimum atomic E-state index is -3.09. The molecule has 12 aromatic carbocycles. The highest BCUT2D eigenvalue weighted by molar-refractivity contribution is 7.80. The van der Waals surface area contributed by atoms with E-state index in [9.17, 15) is 37.4 Å². The van der Waals surface area contributed by atoms with Crippen LogP contribution in [-0.4, -0.2) is 88.9 Å². The summed E-state index contributed by atoms with van der Waals surface area (Å²) in [7, 11) is -22.7. The molecule has 21 heteroatoms. The van der Waals surface area contributed by atoms with Gasteiger partial charge < -0.3 is 37.2 Å². The van der Waals surface area contributed by atoms with Crippen molar-refractivity contribution in [1.82, 2.24) is 0 Å². The number of rotatable bonds is 48. The van der Waals surface area contributed by atoms with E-state index < -0.39 is 68.9 Å². The lowest BCUT2D eigenvalue weighted by molar-refractivity contribution is -0.145. The first-order valence-electron chi connectivity index (χ1n) is 45.8. The van der Waals surface area contributed by atoms with Gasteiger partial charge in [-0.15, -0.1) is 0 Å². The van der Waals surface area contributed by atoms with Gasteiger partial charge >= 0.3 is 23.9 Å². The molecule has 0 radical (unpaired) electrons. The zero-order valence-corrected chi connectivity index (χ0v) is 85.1. The molecule has 0 aliphatic rings. The zero-order chi connectivity index (χ0) is 91.4. The van der Waals surface area contributed by atoms with E-state index in [1.165, 1.54) is 44.9 Å². The van der Waals surface area contributed by atoms with E-state index in [0.29, 0.717) is 0 Å². The van der Waals surface area contributed by atoms with Crippen LogP contribution in [0.15, 0.2) is 340 Å². The molecule has 0 N–H and O–H groups in total. The summed E-state index contributed by atoms with van der Waals surface area (Å²) in [6.45, 7) is 20.6. The summed E-state index contributed by atoms with van der Waals surface area (Å²) in [5.74, 6) is -1.49. The molecule has 129 heavy (non-hydrogen) atoms. The van der Waals surface area contributed by atoms with Gasteiger partial charge in [0.1, 0.15) is 55.0 Å². The van der Waals surface area contributed by atoms with Crippen molar-refractivity contribution in [3.8, 4) is 0 Å². The lowest BCUT2D eigenvalue weighted by Crippen LogP contribution is -2.44. The number of esters is 4. The molecular weight excluding hydrogens is 1750 g/mol. The Kier molecular flexibility index (Phi) is 35.2. The van der Waals surface area contributed by atoms with E-state index in [4.69, 9.17) is 18.9 Å². The maximum atomic E-state index is 14.8. The fourth-order valence-electron chi connectivity index (χ4n) is 18.1. The minimum Gasteiger partial charge on any atom is -0.461 e. The van der Waals surface area contributed by atoms with E-state index in [0.717, 1.165) is 115 Å². The van der Waals surface area contributed by atoms with Gasteiger partial charge in [-0.2, -0.15) is 0 Å². The van der Waals surface area contributed by atoms with Gasteiger partial charge in [0, 0.05) is 67.1 Å². The third-order valence-corrected chi connectivity index (χ3v) is 58.6. The molecule has 0 aliphatic heterocycles. The maximum absolute atomic E-state index is 14.8. The largest absolute Gasteiger partial charge is 0.461 e. The molecule has 0 fully saturated rings. The van der Waals surface area contributed by atoms with Gasteiger partial charge in [-0.25, -0.2) is 0 Å². The summed E-state index contributed by atoms with van der Waals surface area (Å²) in [4.78, 5) is 54.1. The quantitative estimate of drug-likeness (QED) is 0.0153. The van der Waals surface area contributed by atoms with Crippen LogP contribution in [0.1, 0.15) is 73.6 Å². The smallest absolute Gasteiger partial charge is 0.306 e. The SMILES string of the molecule is C[Si](C)(CCC[Si](CCC[Si](C)(C)c1ccc(COC(=O)CCP(=O)(c2ccccc2)c2ccccc2)cc1)(CCC[Si](C)(C)c1ccc(COC(=O)CCP(=O)(c2ccccc2)c2ccccc2)cc1)CCC[Si](C)(C)c1ccc(COC(=O)CCP(=O)(c2ccccc2)c2ccccc2)cc1)c1ccc(COC(=O)CCP(=O)(c2ccccc2)c2ccccc2)cc1. The van der Waals surface area contributed by atoms with Crippen LogP contribution in [0.4, 0.5) is 0 Å². The molecule has 0 amide bonds. The van der Waals surface area contributed by atoms with Gasteiger partial charge in [0.15, 0.2) is 0 Å². The highest BCUT2D eigenvalue weighted by Crippen LogP contribution is 2.48. The molecule has 672 valence electrons. The summed E-state index contributed by atoms with van der Waals surface area (Å²) in [6, 6.07) is 120. The van der Waals surface area contributed by atoms with Crippen molar-refractivity contribution in [2.75, 3.05) is 24.6 Å². The Hall–Kier alpha value is -9.48. The number of ether oxygens (including phenoxy) is 4. The predicted molar refractivity (Wildman–Crippen MR) is 553 cm³/mol. The van der Waals surface area contributed by atoms with Crippen molar-refractivity contribution in [3.05, 3.63) is 362 Å². The number of hydrogen-bond acceptors (Lipinski definition) is 12. The fourth-order valence-corrected chi connectivity index (χ4v) is 44.8. The van der Waals surface area contributed by atoms with E-state index in [-0.39, 0.29) is 101 Å². The summed E-state index contributed by atoms with van der Waals surface area (Å²) < 4.78 is 82.7. The molecular formula is C108H128O12P4Si5. The molecule has 0 unspecified atom stereocenters. The lowest BCUT2D eigenvalue weighted by atomic mass is 10.2. The second-order valence-corrected chi connectivity index (χ2v) is 73.6. The minimum absolute atomic E-state index is 0.0345. The summed E-state index contributed by atoms with van der Waals surface area (Å²) in [6.07, 6.45) is 5.43. The first-order valence-corrected chi connectivity index (χ1v) is 69.0. The van der Waals surface area contributed by atoms with Gasteiger partial charge in [-0.3, -0.25) is 19.2 Å². The van der Waals surface area contributed by atoms with Crippen molar-refractivity contribution in [1.29, 1.82) is 0 Å². The van der Waals surface area contributed by atoms with Gasteiger partial charge in [0.25, 0.3) is 0 Å². The van der Waals surface area contributed by atoms with E-state index in [1.54, 1.807) is 0 Å². The van der Waals surface area contributed by atoms with Crippen molar-refractivity contribution in [3.63, 3.8) is 0 Å². The Morgan fingerprint density at radius 1 is 0.209 bits per heavy atom. The molecule has 0 saturated heterocycles. The summed E-state index contributed by atoms with van der Waals surface area (Å²) in [5.41, 5.74) is 3.68. The Balaban J connectivity index is 0.747. The monoisotopic (exact) mass is 1880 g/mol. The van der Waals surface area contributed by atoms with Crippen LogP contribution < -0.4 is 63.2 Å². The second-order valence-electron chi connectivity index (χ2n) is 37.4. The van der Waals surface area contributed by atoms with Gasteiger partial charge in [-0.1, -0.05) is 487 Å². The summed E-state index contributed by atoms with van der Waals surface area (Å²) >= 11 is 0. The Bertz CT molecular complexity index is 4890. The number of carbonyl (C=O) groups excluding carboxylic acids is 4. The highest BCUT2D eigenvalue weighted by atomic mass is 31.2. The van der Waals surface area contributed by atoms with Crippen LogP contribution >= 0.6 is 28.6 Å². The van der Waals surface area contributed by atoms with Crippen molar-refractivity contribution in [2.45, 2.75) is 179 Å². The Labute approximate surface area is 771 Å². The molecule has 0 heterocycles. The molecule has 12 rings (SSSR count). The molecule has 0 spiro atoms. The van der Waals surface area contributed by atoms with E-state index in [1.807, 2.05) is 243 Å². The van der Waals surface area contributed by atoms with Gasteiger partial charge in [0.05, 0.1) is 66.1 Å². The number of hydrogen-bond donors (Lipinski definition) is 0. The van der Waals surface area contributed by atoms with Crippen LogP contribution in [-0.2, 0) is 82.8 Å². The topological polar surface area (TPSA) is 173 Å². The normalized spacial score (nSPS) is 12.4. The zero-order valence-electron chi connectivity index (χ0n) is 76.5. The van der Waals surface area contributed by atoms with Crippen molar-refractivity contribution in [2.24, 2.45) is 0 Å². The van der Waals surface area contributed by atoms with Crippen LogP contribution in [0, 0.1) is 0 Å². The maximum Gasteiger partial charge on any atom is 0.306 e. The first-order chi connectivity index (χ1) is 62.0. The van der Waals surface area contributed by atoms with Crippen molar-refractivity contribution < 1.29 is 56.4 Å². The number of carbonyl (C=O) groups is 4. The third-order valence-electron chi connectivity index (χ3n) is 26.5. The lowest BCUT2D eigenvalue weighted by Gasteiger charge is -2.37. The van der Waals surface area contributed by atoms with E-state index >= 15 is 0 Å². The predicted octanol–water partition coefficient (Wildman–Crippen LogP) is 21.2. The molecule has 12 aromatic rings. The molecule has 12 nitrogen and oxygen atoms in total. The Morgan fingerprint density at radius 2 is 0.357 bits per heavy atom. The van der Waals surface area contributed by atoms with Crippen LogP contribution in [0.2, 0.25) is 101 Å². The Morgan fingerprint density at radius 3 is 0.504 bits per heavy atom.